The highest BCUT2D eigenvalue weighted by atomic mass is 16.5. The summed E-state index contributed by atoms with van der Waals surface area (Å²) in [5, 5.41) is 9.79. The maximum absolute atomic E-state index is 12.3. The number of ether oxygens (including phenoxy) is 1. The van der Waals surface area contributed by atoms with Gasteiger partial charge in [-0.2, -0.15) is 4.91 Å². The molecule has 0 aromatic heterocycles. The zero-order chi connectivity index (χ0) is 22.0. The Labute approximate surface area is 182 Å². The van der Waals surface area contributed by atoms with E-state index in [4.69, 9.17) is 4.74 Å². The van der Waals surface area contributed by atoms with Crippen LogP contribution in [0.25, 0.3) is 5.76 Å². The smallest absolute Gasteiger partial charge is 0.162 e. The van der Waals surface area contributed by atoms with Crippen LogP contribution in [0.1, 0.15) is 49.5 Å². The molecule has 0 bridgehead atoms. The molecule has 0 saturated carbocycles. The van der Waals surface area contributed by atoms with Gasteiger partial charge in [-0.3, -0.25) is 4.79 Å². The number of nitrogens with zero attached hydrogens (tertiary/aromatic N) is 1. The number of nitroso groups, excluding NO2 is 1. The predicted molar refractivity (Wildman–Crippen MR) is 122 cm³/mol. The first-order valence-electron chi connectivity index (χ1n) is 10.6. The lowest BCUT2D eigenvalue weighted by Gasteiger charge is -2.29. The molecule has 0 saturated heterocycles. The molecule has 0 amide bonds. The highest BCUT2D eigenvalue weighted by Crippen LogP contribution is 2.36. The van der Waals surface area contributed by atoms with Gasteiger partial charge in [0.15, 0.2) is 5.78 Å². The van der Waals surface area contributed by atoms with Crippen LogP contribution in [-0.2, 0) is 4.74 Å². The summed E-state index contributed by atoms with van der Waals surface area (Å²) in [5.74, 6) is 1.67. The van der Waals surface area contributed by atoms with Crippen LogP contribution in [0.3, 0.4) is 0 Å². The molecule has 2 N–H and O–H groups in total. The summed E-state index contributed by atoms with van der Waals surface area (Å²) >= 11 is 0. The molecule has 1 aromatic rings. The average molecular weight is 418 g/mol. The summed E-state index contributed by atoms with van der Waals surface area (Å²) in [4.78, 5) is 23.6. The second-order valence-corrected chi connectivity index (χ2v) is 8.49. The first-order valence-corrected chi connectivity index (χ1v) is 10.6. The van der Waals surface area contributed by atoms with Gasteiger partial charge in [-0.05, 0) is 62.5 Å². The number of carbonyl (C=O) groups is 1. The van der Waals surface area contributed by atoms with Crippen molar-refractivity contribution in [3.05, 3.63) is 93.9 Å². The second kappa shape index (κ2) is 8.38. The Morgan fingerprint density at radius 1 is 1.16 bits per heavy atom. The van der Waals surface area contributed by atoms with Gasteiger partial charge in [-0.15, -0.1) is 0 Å². The highest BCUT2D eigenvalue weighted by Gasteiger charge is 2.33. The van der Waals surface area contributed by atoms with E-state index in [1.54, 1.807) is 0 Å². The predicted octanol–water partition coefficient (Wildman–Crippen LogP) is 4.74. The maximum Gasteiger partial charge on any atom is 0.162 e. The fraction of sp³-hybridized carbons (Fsp3) is 0.320. The lowest BCUT2D eigenvalue weighted by atomic mass is 9.89. The van der Waals surface area contributed by atoms with Gasteiger partial charge in [-0.25, -0.2) is 0 Å². The Morgan fingerprint density at radius 3 is 2.74 bits per heavy atom. The number of fused-ring (bicyclic) bond motifs is 1. The number of hydrogen-bond acceptors (Lipinski definition) is 6. The Kier molecular flexibility index (Phi) is 5.63. The Bertz CT molecular complexity index is 1060. The molecule has 3 aliphatic heterocycles. The van der Waals surface area contributed by atoms with Crippen LogP contribution < -0.4 is 10.6 Å². The van der Waals surface area contributed by atoms with Crippen LogP contribution in [-0.4, -0.2) is 23.4 Å². The fourth-order valence-electron chi connectivity index (χ4n) is 3.89. The molecule has 3 aliphatic rings. The summed E-state index contributed by atoms with van der Waals surface area (Å²) in [6.07, 6.45) is 13.1. The highest BCUT2D eigenvalue weighted by molar-refractivity contribution is 5.96. The number of rotatable bonds is 7. The number of dihydropyridines is 2. The number of allylic oxidation sites excluding steroid dienone is 4. The van der Waals surface area contributed by atoms with Gasteiger partial charge in [-0.1, -0.05) is 36.4 Å². The first kappa shape index (κ1) is 20.8. The van der Waals surface area contributed by atoms with Gasteiger partial charge < -0.3 is 15.4 Å². The van der Waals surface area contributed by atoms with Gasteiger partial charge in [0.25, 0.3) is 0 Å². The largest absolute Gasteiger partial charge is 0.458 e. The molecular formula is C25H27N3O3. The van der Waals surface area contributed by atoms with Crippen LogP contribution in [0.5, 0.6) is 0 Å². The van der Waals surface area contributed by atoms with Crippen molar-refractivity contribution in [1.82, 2.24) is 10.6 Å². The van der Waals surface area contributed by atoms with Gasteiger partial charge in [0.2, 0.25) is 0 Å². The third kappa shape index (κ3) is 4.10. The van der Waals surface area contributed by atoms with Crippen molar-refractivity contribution >= 4 is 11.5 Å². The normalized spacial score (nSPS) is 22.0. The number of carbonyl (C=O) groups excluding carboxylic acids is 1. The van der Waals surface area contributed by atoms with Crippen LogP contribution in [0.15, 0.2) is 83.1 Å². The van der Waals surface area contributed by atoms with E-state index in [-0.39, 0.29) is 17.9 Å². The molecule has 3 heterocycles. The van der Waals surface area contributed by atoms with Crippen molar-refractivity contribution in [2.24, 2.45) is 5.18 Å². The van der Waals surface area contributed by atoms with E-state index in [9.17, 15) is 9.70 Å². The van der Waals surface area contributed by atoms with Crippen molar-refractivity contribution in [2.45, 2.75) is 51.2 Å². The number of nitrogens with one attached hydrogen (secondary N) is 2. The molecule has 4 rings (SSSR count). The minimum atomic E-state index is -0.775. The monoisotopic (exact) mass is 417 g/mol. The summed E-state index contributed by atoms with van der Waals surface area (Å²) in [6, 6.07) is 7.29. The van der Waals surface area contributed by atoms with Gasteiger partial charge >= 0.3 is 0 Å². The molecule has 31 heavy (non-hydrogen) atoms. The topological polar surface area (TPSA) is 79.8 Å². The summed E-state index contributed by atoms with van der Waals surface area (Å²) in [6.45, 7) is 5.62. The molecule has 1 aromatic carbocycles. The van der Waals surface area contributed by atoms with Gasteiger partial charge in [0.05, 0.1) is 6.04 Å². The molecule has 2 atom stereocenters. The zero-order valence-electron chi connectivity index (χ0n) is 18.0. The Morgan fingerprint density at radius 2 is 1.97 bits per heavy atom. The number of Topliss-reactive ketones (excluding diaryl/α,β-unsaturated/α-hetero) is 1. The van der Waals surface area contributed by atoms with Crippen LogP contribution >= 0.6 is 0 Å². The summed E-state index contributed by atoms with van der Waals surface area (Å²) in [7, 11) is 0. The van der Waals surface area contributed by atoms with E-state index >= 15 is 0 Å². The first-order chi connectivity index (χ1) is 14.9. The third-order valence-corrected chi connectivity index (χ3v) is 5.75. The molecule has 6 heteroatoms. The van der Waals surface area contributed by atoms with E-state index in [1.165, 1.54) is 0 Å². The van der Waals surface area contributed by atoms with E-state index in [2.05, 4.69) is 15.8 Å². The van der Waals surface area contributed by atoms with Crippen molar-refractivity contribution in [3.8, 4) is 0 Å². The van der Waals surface area contributed by atoms with Crippen molar-refractivity contribution in [2.75, 3.05) is 0 Å². The maximum atomic E-state index is 12.3. The van der Waals surface area contributed by atoms with E-state index < -0.39 is 5.54 Å². The zero-order valence-corrected chi connectivity index (χ0v) is 18.0. The molecule has 0 aliphatic carbocycles. The van der Waals surface area contributed by atoms with Gasteiger partial charge in [0, 0.05) is 23.1 Å². The standard InChI is InChI=1S/C25H27N3O3/c1-4-6-21(29)17-7-5-8-18(13-17)22-15-20-24(31-22)19(10-12-26-20)16-9-11-27-23(14-16)25(2,3)28-30/h5,7-15,20,23,26-27H,4,6H2,1-3H3. The SMILES string of the molecule is CCCC(=O)c1cccc(C2=CC3NC=CC(C4=CC(C(C)(C)N=O)NC=C4)=C3O2)c1. The van der Waals surface area contributed by atoms with E-state index in [0.717, 1.165) is 34.6 Å². The van der Waals surface area contributed by atoms with Crippen LogP contribution in [0.2, 0.25) is 0 Å². The summed E-state index contributed by atoms with van der Waals surface area (Å²) in [5.41, 5.74) is 2.73. The lowest BCUT2D eigenvalue weighted by molar-refractivity contribution is 0.0981. The Hall–Kier alpha value is -3.41. The van der Waals surface area contributed by atoms with Gasteiger partial charge in [0.1, 0.15) is 23.1 Å². The van der Waals surface area contributed by atoms with Crippen LogP contribution in [0.4, 0.5) is 0 Å². The quantitative estimate of drug-likeness (QED) is 0.495. The van der Waals surface area contributed by atoms with Crippen molar-refractivity contribution < 1.29 is 9.53 Å². The number of benzene rings is 1. The molecule has 160 valence electrons. The molecule has 0 radical (unpaired) electrons. The average Bonchev–Trinajstić information content (AvgIpc) is 3.24. The van der Waals surface area contributed by atoms with E-state index in [1.807, 2.05) is 81.7 Å². The lowest BCUT2D eigenvalue weighted by Crippen LogP contribution is -2.43. The Balaban J connectivity index is 1.64. The molecule has 6 nitrogen and oxygen atoms in total. The van der Waals surface area contributed by atoms with Crippen molar-refractivity contribution in [1.29, 1.82) is 0 Å². The number of ketones is 1. The molecule has 2 unspecified atom stereocenters. The molecule has 0 spiro atoms. The molecular weight excluding hydrogens is 390 g/mol. The second-order valence-electron chi connectivity index (χ2n) is 8.49. The minimum Gasteiger partial charge on any atom is -0.458 e. The number of hydrogen-bond donors (Lipinski definition) is 2. The molecule has 0 fully saturated rings. The minimum absolute atomic E-state index is 0.0927. The third-order valence-electron chi connectivity index (χ3n) is 5.75. The fourth-order valence-corrected chi connectivity index (χ4v) is 3.89. The van der Waals surface area contributed by atoms with Crippen molar-refractivity contribution in [3.63, 3.8) is 0 Å². The summed E-state index contributed by atoms with van der Waals surface area (Å²) < 4.78 is 6.29. The van der Waals surface area contributed by atoms with Crippen LogP contribution in [0, 0.1) is 4.91 Å². The van der Waals surface area contributed by atoms with E-state index in [0.29, 0.717) is 12.0 Å².